The number of carbonyl (C=O) groups is 1. The van der Waals surface area contributed by atoms with Gasteiger partial charge in [-0.05, 0) is 30.0 Å². The van der Waals surface area contributed by atoms with Gasteiger partial charge in [-0.3, -0.25) is 9.69 Å². The van der Waals surface area contributed by atoms with E-state index < -0.39 is 0 Å². The van der Waals surface area contributed by atoms with Gasteiger partial charge in [-0.15, -0.1) is 0 Å². The second-order valence-corrected chi connectivity index (χ2v) is 7.02. The van der Waals surface area contributed by atoms with E-state index >= 15 is 0 Å². The number of nitrogens with zero attached hydrogens (tertiary/aromatic N) is 1. The monoisotopic (exact) mass is 338 g/mol. The second kappa shape index (κ2) is 9.26. The van der Waals surface area contributed by atoms with Crippen LogP contribution in [0.15, 0.2) is 24.3 Å². The van der Waals surface area contributed by atoms with Gasteiger partial charge in [0, 0.05) is 37.6 Å². The number of carbonyl (C=O) groups excluding carboxylic acids is 1. The minimum atomic E-state index is 0.0644. The van der Waals surface area contributed by atoms with E-state index in [1.807, 2.05) is 24.3 Å². The van der Waals surface area contributed by atoms with E-state index in [1.165, 1.54) is 0 Å². The number of morpholine rings is 1. The van der Waals surface area contributed by atoms with Crippen molar-refractivity contribution in [3.63, 3.8) is 0 Å². The number of hydrogen-bond donors (Lipinski definition) is 1. The summed E-state index contributed by atoms with van der Waals surface area (Å²) in [5.74, 6) is 0.718. The number of hydrogen-bond acceptors (Lipinski definition) is 3. The minimum absolute atomic E-state index is 0.0644. The predicted octanol–water partition coefficient (Wildman–Crippen LogP) is 2.75. The molecule has 0 aliphatic carbocycles. The smallest absolute Gasteiger partial charge is 0.220 e. The zero-order valence-corrected chi connectivity index (χ0v) is 14.8. The van der Waals surface area contributed by atoms with Crippen molar-refractivity contribution in [3.8, 4) is 0 Å². The topological polar surface area (TPSA) is 41.6 Å². The first kappa shape index (κ1) is 18.2. The SMILES string of the molecule is CC(C)CN1CCOC(CNC(=O)CCc2cccc(Cl)c2)C1. The molecule has 1 unspecified atom stereocenters. The van der Waals surface area contributed by atoms with Crippen LogP contribution in [-0.2, 0) is 16.0 Å². The van der Waals surface area contributed by atoms with Gasteiger partial charge >= 0.3 is 0 Å². The van der Waals surface area contributed by atoms with E-state index in [-0.39, 0.29) is 12.0 Å². The first-order chi connectivity index (χ1) is 11.0. The van der Waals surface area contributed by atoms with Gasteiger partial charge < -0.3 is 10.1 Å². The molecule has 1 aliphatic heterocycles. The van der Waals surface area contributed by atoms with Gasteiger partial charge in [0.05, 0.1) is 12.7 Å². The summed E-state index contributed by atoms with van der Waals surface area (Å²) in [6.07, 6.45) is 1.28. The zero-order chi connectivity index (χ0) is 16.7. The van der Waals surface area contributed by atoms with Gasteiger partial charge in [0.25, 0.3) is 0 Å². The highest BCUT2D eigenvalue weighted by atomic mass is 35.5. The molecule has 1 aromatic carbocycles. The lowest BCUT2D eigenvalue weighted by molar-refractivity contribution is -0.122. The number of halogens is 1. The number of benzene rings is 1. The summed E-state index contributed by atoms with van der Waals surface area (Å²) in [6.45, 7) is 8.75. The molecule has 4 nitrogen and oxygen atoms in total. The third kappa shape index (κ3) is 6.90. The number of aryl methyl sites for hydroxylation is 1. The van der Waals surface area contributed by atoms with E-state index in [4.69, 9.17) is 16.3 Å². The highest BCUT2D eigenvalue weighted by molar-refractivity contribution is 6.30. The van der Waals surface area contributed by atoms with Gasteiger partial charge in [0.15, 0.2) is 0 Å². The van der Waals surface area contributed by atoms with E-state index in [1.54, 1.807) is 0 Å². The summed E-state index contributed by atoms with van der Waals surface area (Å²) < 4.78 is 5.74. The third-order valence-corrected chi connectivity index (χ3v) is 4.14. The Hall–Kier alpha value is -1.10. The van der Waals surface area contributed by atoms with Crippen LogP contribution in [0.4, 0.5) is 0 Å². The first-order valence-electron chi connectivity index (χ1n) is 8.38. The van der Waals surface area contributed by atoms with Crippen LogP contribution in [0, 0.1) is 5.92 Å². The lowest BCUT2D eigenvalue weighted by Crippen LogP contribution is -2.48. The van der Waals surface area contributed by atoms with Crippen LogP contribution in [-0.4, -0.2) is 49.7 Å². The van der Waals surface area contributed by atoms with Gasteiger partial charge in [0.2, 0.25) is 5.91 Å². The summed E-state index contributed by atoms with van der Waals surface area (Å²) in [5.41, 5.74) is 1.09. The molecule has 1 aliphatic rings. The summed E-state index contributed by atoms with van der Waals surface area (Å²) in [7, 11) is 0. The molecule has 1 aromatic rings. The Bertz CT molecular complexity index is 508. The Kier molecular flexibility index (Phi) is 7.34. The van der Waals surface area contributed by atoms with Crippen LogP contribution in [0.3, 0.4) is 0 Å². The summed E-state index contributed by atoms with van der Waals surface area (Å²) in [6, 6.07) is 7.65. The average Bonchev–Trinajstić information content (AvgIpc) is 2.51. The molecule has 1 heterocycles. The highest BCUT2D eigenvalue weighted by Crippen LogP contribution is 2.12. The second-order valence-electron chi connectivity index (χ2n) is 6.58. The van der Waals surface area contributed by atoms with Gasteiger partial charge in [-0.2, -0.15) is 0 Å². The molecular formula is C18H27ClN2O2. The van der Waals surface area contributed by atoms with Crippen LogP contribution in [0.1, 0.15) is 25.8 Å². The van der Waals surface area contributed by atoms with E-state index in [0.717, 1.165) is 31.8 Å². The molecule has 23 heavy (non-hydrogen) atoms. The third-order valence-electron chi connectivity index (χ3n) is 3.90. The maximum Gasteiger partial charge on any atom is 0.220 e. The van der Waals surface area contributed by atoms with E-state index in [0.29, 0.717) is 30.3 Å². The van der Waals surface area contributed by atoms with Crippen LogP contribution < -0.4 is 5.32 Å². The van der Waals surface area contributed by atoms with E-state index in [9.17, 15) is 4.79 Å². The molecule has 0 saturated carbocycles. The van der Waals surface area contributed by atoms with Crippen LogP contribution in [0.5, 0.6) is 0 Å². The van der Waals surface area contributed by atoms with Gasteiger partial charge in [0.1, 0.15) is 0 Å². The normalized spacial score (nSPS) is 19.0. The van der Waals surface area contributed by atoms with Crippen molar-refractivity contribution in [1.29, 1.82) is 0 Å². The molecule has 0 aromatic heterocycles. The molecule has 0 spiro atoms. The van der Waals surface area contributed by atoms with Crippen molar-refractivity contribution in [3.05, 3.63) is 34.9 Å². The van der Waals surface area contributed by atoms with Crippen molar-refractivity contribution in [2.45, 2.75) is 32.8 Å². The molecule has 1 saturated heterocycles. The van der Waals surface area contributed by atoms with Crippen molar-refractivity contribution < 1.29 is 9.53 Å². The molecule has 0 bridgehead atoms. The zero-order valence-electron chi connectivity index (χ0n) is 14.1. The summed E-state index contributed by atoms with van der Waals surface area (Å²) in [4.78, 5) is 14.4. The molecule has 2 rings (SSSR count). The van der Waals surface area contributed by atoms with Crippen molar-refractivity contribution in [2.24, 2.45) is 5.92 Å². The lowest BCUT2D eigenvalue weighted by atomic mass is 10.1. The highest BCUT2D eigenvalue weighted by Gasteiger charge is 2.21. The van der Waals surface area contributed by atoms with Gasteiger partial charge in [-0.1, -0.05) is 37.6 Å². The number of amides is 1. The average molecular weight is 339 g/mol. The van der Waals surface area contributed by atoms with Gasteiger partial charge in [-0.25, -0.2) is 0 Å². The number of ether oxygens (including phenoxy) is 1. The molecule has 1 atom stereocenters. The molecular weight excluding hydrogens is 312 g/mol. The maximum atomic E-state index is 12.0. The maximum absolute atomic E-state index is 12.0. The Balaban J connectivity index is 1.67. The quantitative estimate of drug-likeness (QED) is 0.831. The van der Waals surface area contributed by atoms with E-state index in [2.05, 4.69) is 24.1 Å². The fraction of sp³-hybridized carbons (Fsp3) is 0.611. The largest absolute Gasteiger partial charge is 0.374 e. The number of rotatable bonds is 7. The first-order valence-corrected chi connectivity index (χ1v) is 8.76. The lowest BCUT2D eigenvalue weighted by Gasteiger charge is -2.33. The Morgan fingerprint density at radius 2 is 2.30 bits per heavy atom. The minimum Gasteiger partial charge on any atom is -0.374 e. The Labute approximate surface area is 144 Å². The molecule has 0 radical (unpaired) electrons. The molecule has 1 fully saturated rings. The molecule has 128 valence electrons. The predicted molar refractivity (Wildman–Crippen MR) is 93.8 cm³/mol. The fourth-order valence-corrected chi connectivity index (χ4v) is 3.07. The summed E-state index contributed by atoms with van der Waals surface area (Å²) in [5, 5.41) is 3.70. The molecule has 1 amide bonds. The van der Waals surface area contributed by atoms with Crippen molar-refractivity contribution >= 4 is 17.5 Å². The fourth-order valence-electron chi connectivity index (χ4n) is 2.85. The standard InChI is InChI=1S/C18H27ClN2O2/c1-14(2)12-21-8-9-23-17(13-21)11-20-18(22)7-6-15-4-3-5-16(19)10-15/h3-5,10,14,17H,6-9,11-13H2,1-2H3,(H,20,22). The number of nitrogens with one attached hydrogen (secondary N) is 1. The van der Waals surface area contributed by atoms with Crippen LogP contribution in [0.2, 0.25) is 5.02 Å². The van der Waals surface area contributed by atoms with Crippen molar-refractivity contribution in [2.75, 3.05) is 32.8 Å². The summed E-state index contributed by atoms with van der Waals surface area (Å²) >= 11 is 5.95. The van der Waals surface area contributed by atoms with Crippen LogP contribution >= 0.6 is 11.6 Å². The Morgan fingerprint density at radius 3 is 3.04 bits per heavy atom. The Morgan fingerprint density at radius 1 is 1.48 bits per heavy atom. The van der Waals surface area contributed by atoms with Crippen LogP contribution in [0.25, 0.3) is 0 Å². The molecule has 5 heteroatoms. The van der Waals surface area contributed by atoms with Crippen molar-refractivity contribution in [1.82, 2.24) is 10.2 Å². The molecule has 1 N–H and O–H groups in total.